The Bertz CT molecular complexity index is 1300. The zero-order chi connectivity index (χ0) is 21.6. The van der Waals surface area contributed by atoms with Crippen LogP contribution in [-0.2, 0) is 4.79 Å². The number of nitrogens with one attached hydrogen (secondary N) is 1. The lowest BCUT2D eigenvalue weighted by atomic mass is 10.2. The minimum absolute atomic E-state index is 0.0413. The number of aromatic nitrogens is 3. The van der Waals surface area contributed by atoms with Crippen molar-refractivity contribution in [1.82, 2.24) is 20.3 Å². The number of carbonyl (C=O) groups is 1. The predicted molar refractivity (Wildman–Crippen MR) is 107 cm³/mol. The molecule has 0 unspecified atom stereocenters. The van der Waals surface area contributed by atoms with E-state index in [9.17, 15) is 18.0 Å². The van der Waals surface area contributed by atoms with Gasteiger partial charge in [-0.15, -0.1) is 11.3 Å². The van der Waals surface area contributed by atoms with Gasteiger partial charge in [-0.05, 0) is 41.1 Å². The summed E-state index contributed by atoms with van der Waals surface area (Å²) in [6.07, 6.45) is -3.58. The third-order valence-electron chi connectivity index (χ3n) is 4.67. The van der Waals surface area contributed by atoms with Gasteiger partial charge < -0.3 is 14.8 Å². The number of hydrogen-bond acceptors (Lipinski definition) is 8. The summed E-state index contributed by atoms with van der Waals surface area (Å²) in [5.41, 5.74) is 0.638. The van der Waals surface area contributed by atoms with Gasteiger partial charge in [0.15, 0.2) is 5.82 Å². The van der Waals surface area contributed by atoms with E-state index in [-0.39, 0.29) is 17.3 Å². The maximum Gasteiger partial charge on any atom is 0.491 e. The first-order valence-corrected chi connectivity index (χ1v) is 10.1. The van der Waals surface area contributed by atoms with Crippen LogP contribution in [0.25, 0.3) is 32.5 Å². The first kappa shape index (κ1) is 19.6. The van der Waals surface area contributed by atoms with Crippen LogP contribution >= 0.6 is 11.3 Å². The minimum atomic E-state index is -5.17. The minimum Gasteiger partial charge on any atom is -0.488 e. The highest BCUT2D eigenvalue weighted by Gasteiger charge is 2.42. The van der Waals surface area contributed by atoms with E-state index in [1.165, 1.54) is 17.4 Å². The molecule has 0 spiro atoms. The van der Waals surface area contributed by atoms with E-state index in [0.29, 0.717) is 30.0 Å². The van der Waals surface area contributed by atoms with E-state index in [0.717, 1.165) is 10.1 Å². The Morgan fingerprint density at radius 2 is 2.00 bits per heavy atom. The number of alkyl halides is 3. The third kappa shape index (κ3) is 3.89. The van der Waals surface area contributed by atoms with Gasteiger partial charge >= 0.3 is 12.1 Å². The standard InChI is InChI=1S/C20H13F3N4O3S/c21-20(22,23)19(28)30-18-13-6-11(29-12-7-24-8-12)1-2-14(13)26-17(27-18)15-5-10-3-4-31-16(10)9-25-15/h1-6,9,12,24H,7-8H2. The van der Waals surface area contributed by atoms with Gasteiger partial charge in [0.1, 0.15) is 17.5 Å². The highest BCUT2D eigenvalue weighted by atomic mass is 32.1. The van der Waals surface area contributed by atoms with Crippen LogP contribution in [0.4, 0.5) is 13.2 Å². The topological polar surface area (TPSA) is 86.2 Å². The Morgan fingerprint density at radius 1 is 1.16 bits per heavy atom. The van der Waals surface area contributed by atoms with E-state index in [1.54, 1.807) is 24.4 Å². The van der Waals surface area contributed by atoms with Crippen molar-refractivity contribution in [2.45, 2.75) is 12.3 Å². The molecule has 4 heterocycles. The quantitative estimate of drug-likeness (QED) is 0.478. The Balaban J connectivity index is 1.61. The Labute approximate surface area is 176 Å². The second-order valence-electron chi connectivity index (χ2n) is 6.84. The van der Waals surface area contributed by atoms with Gasteiger partial charge in [0.05, 0.1) is 15.6 Å². The van der Waals surface area contributed by atoms with Crippen LogP contribution in [0.1, 0.15) is 0 Å². The van der Waals surface area contributed by atoms with Gasteiger partial charge in [-0.1, -0.05) is 0 Å². The summed E-state index contributed by atoms with van der Waals surface area (Å²) in [6.45, 7) is 1.33. The number of ether oxygens (including phenoxy) is 2. The number of carbonyl (C=O) groups excluding carboxylic acids is 1. The fourth-order valence-electron chi connectivity index (χ4n) is 3.02. The smallest absolute Gasteiger partial charge is 0.488 e. The third-order valence-corrected chi connectivity index (χ3v) is 5.54. The molecule has 0 radical (unpaired) electrons. The number of rotatable bonds is 4. The number of halogens is 3. The molecule has 0 amide bonds. The first-order valence-electron chi connectivity index (χ1n) is 9.18. The zero-order valence-corrected chi connectivity index (χ0v) is 16.5. The zero-order valence-electron chi connectivity index (χ0n) is 15.6. The molecule has 1 N–H and O–H groups in total. The number of hydrogen-bond donors (Lipinski definition) is 1. The lowest BCUT2D eigenvalue weighted by Crippen LogP contribution is -2.50. The molecule has 0 aliphatic carbocycles. The van der Waals surface area contributed by atoms with Crippen LogP contribution in [0.2, 0.25) is 0 Å². The van der Waals surface area contributed by atoms with Crippen molar-refractivity contribution in [3.8, 4) is 23.1 Å². The molecule has 0 saturated carbocycles. The SMILES string of the molecule is O=C(Oc1nc(-c2cc3ccsc3cn2)nc2ccc(OC3CNC3)cc12)C(F)(F)F. The number of fused-ring (bicyclic) bond motifs is 2. The number of esters is 1. The molecule has 1 aromatic carbocycles. The van der Waals surface area contributed by atoms with E-state index < -0.39 is 18.0 Å². The highest BCUT2D eigenvalue weighted by Crippen LogP contribution is 2.32. The molecule has 7 nitrogen and oxygen atoms in total. The van der Waals surface area contributed by atoms with Crippen LogP contribution in [0, 0.1) is 0 Å². The molecule has 11 heteroatoms. The number of pyridine rings is 1. The molecular formula is C20H13F3N4O3S. The van der Waals surface area contributed by atoms with Crippen LogP contribution in [0.3, 0.4) is 0 Å². The number of nitrogens with zero attached hydrogens (tertiary/aromatic N) is 3. The van der Waals surface area contributed by atoms with Crippen LogP contribution in [0.15, 0.2) is 41.9 Å². The predicted octanol–water partition coefficient (Wildman–Crippen LogP) is 3.72. The average Bonchev–Trinajstić information content (AvgIpc) is 3.18. The van der Waals surface area contributed by atoms with Crippen molar-refractivity contribution < 1.29 is 27.4 Å². The summed E-state index contributed by atoms with van der Waals surface area (Å²) in [7, 11) is 0. The van der Waals surface area contributed by atoms with E-state index in [4.69, 9.17) is 4.74 Å². The van der Waals surface area contributed by atoms with Crippen molar-refractivity contribution in [3.05, 3.63) is 41.9 Å². The van der Waals surface area contributed by atoms with E-state index in [2.05, 4.69) is 25.0 Å². The van der Waals surface area contributed by atoms with Crippen LogP contribution in [-0.4, -0.2) is 46.3 Å². The Hall–Kier alpha value is -3.31. The second kappa shape index (κ2) is 7.43. The summed E-state index contributed by atoms with van der Waals surface area (Å²) in [4.78, 5) is 24.3. The first-order chi connectivity index (χ1) is 14.9. The maximum atomic E-state index is 12.8. The molecule has 4 aromatic rings. The lowest BCUT2D eigenvalue weighted by Gasteiger charge is -2.27. The van der Waals surface area contributed by atoms with Gasteiger partial charge in [0.2, 0.25) is 5.88 Å². The van der Waals surface area contributed by atoms with Crippen molar-refractivity contribution >= 4 is 38.3 Å². The summed E-state index contributed by atoms with van der Waals surface area (Å²) in [6, 6.07) is 8.31. The van der Waals surface area contributed by atoms with E-state index in [1.807, 2.05) is 11.4 Å². The summed E-state index contributed by atoms with van der Waals surface area (Å²) < 4.78 is 49.8. The van der Waals surface area contributed by atoms with E-state index >= 15 is 0 Å². The van der Waals surface area contributed by atoms with Crippen molar-refractivity contribution in [2.24, 2.45) is 0 Å². The normalized spacial score (nSPS) is 14.5. The molecular weight excluding hydrogens is 433 g/mol. The second-order valence-corrected chi connectivity index (χ2v) is 7.79. The van der Waals surface area contributed by atoms with Crippen LogP contribution in [0.5, 0.6) is 11.6 Å². The van der Waals surface area contributed by atoms with Crippen LogP contribution < -0.4 is 14.8 Å². The molecule has 0 atom stereocenters. The molecule has 1 saturated heterocycles. The van der Waals surface area contributed by atoms with Gasteiger partial charge in [-0.3, -0.25) is 4.98 Å². The average molecular weight is 446 g/mol. The Kier molecular flexibility index (Phi) is 4.71. The van der Waals surface area contributed by atoms with Gasteiger partial charge in [0, 0.05) is 19.3 Å². The monoisotopic (exact) mass is 446 g/mol. The summed E-state index contributed by atoms with van der Waals surface area (Å²) >= 11 is 1.50. The molecule has 158 valence electrons. The summed E-state index contributed by atoms with van der Waals surface area (Å²) in [5, 5.41) is 5.98. The van der Waals surface area contributed by atoms with Crippen molar-refractivity contribution in [2.75, 3.05) is 13.1 Å². The molecule has 1 fully saturated rings. The largest absolute Gasteiger partial charge is 0.491 e. The summed E-state index contributed by atoms with van der Waals surface area (Å²) in [5.74, 6) is -2.42. The van der Waals surface area contributed by atoms with Crippen molar-refractivity contribution in [1.29, 1.82) is 0 Å². The fourth-order valence-corrected chi connectivity index (χ4v) is 3.76. The highest BCUT2D eigenvalue weighted by molar-refractivity contribution is 7.17. The Morgan fingerprint density at radius 3 is 2.74 bits per heavy atom. The van der Waals surface area contributed by atoms with Gasteiger partial charge in [-0.25, -0.2) is 9.78 Å². The molecule has 3 aromatic heterocycles. The van der Waals surface area contributed by atoms with Crippen molar-refractivity contribution in [3.63, 3.8) is 0 Å². The number of benzene rings is 1. The molecule has 31 heavy (non-hydrogen) atoms. The van der Waals surface area contributed by atoms with Gasteiger partial charge in [0.25, 0.3) is 0 Å². The fraction of sp³-hybridized carbons (Fsp3) is 0.200. The molecule has 1 aliphatic rings. The molecule has 5 rings (SSSR count). The molecule has 1 aliphatic heterocycles. The maximum absolute atomic E-state index is 12.8. The lowest BCUT2D eigenvalue weighted by molar-refractivity contribution is -0.189. The number of thiophene rings is 1. The molecule has 0 bridgehead atoms. The van der Waals surface area contributed by atoms with Gasteiger partial charge in [-0.2, -0.15) is 18.2 Å².